The maximum absolute atomic E-state index is 11.4. The molecule has 0 fully saturated rings. The zero-order valence-electron chi connectivity index (χ0n) is 14.0. The standard InChI is InChI=1S/2C9H6NOS2.Zn/c2*11-10-8(6-13-9(10)12)7-4-2-1-3-5-7;/h2*1-6H;/q2*-1;+2. The van der Waals surface area contributed by atoms with Gasteiger partial charge in [0.25, 0.3) is 0 Å². The fraction of sp³-hybridized carbons (Fsp3) is 0. The van der Waals surface area contributed by atoms with Crippen LogP contribution in [0.15, 0.2) is 71.4 Å². The van der Waals surface area contributed by atoms with E-state index < -0.39 is 0 Å². The minimum atomic E-state index is 0. The van der Waals surface area contributed by atoms with Crippen molar-refractivity contribution in [1.29, 1.82) is 0 Å². The first-order valence-electron chi connectivity index (χ1n) is 7.45. The Kier molecular flexibility index (Phi) is 8.07. The van der Waals surface area contributed by atoms with Crippen LogP contribution in [0, 0.1) is 18.3 Å². The Labute approximate surface area is 187 Å². The molecule has 0 amide bonds. The number of thiazole rings is 2. The van der Waals surface area contributed by atoms with Crippen LogP contribution in [0.2, 0.25) is 0 Å². The average molecular weight is 482 g/mol. The van der Waals surface area contributed by atoms with Crippen molar-refractivity contribution in [2.45, 2.75) is 0 Å². The summed E-state index contributed by atoms with van der Waals surface area (Å²) in [7, 11) is 0. The van der Waals surface area contributed by atoms with Crippen LogP contribution in [0.1, 0.15) is 0 Å². The maximum Gasteiger partial charge on any atom is 2.00 e. The third-order valence-corrected chi connectivity index (χ3v) is 5.78. The molecule has 0 aliphatic carbocycles. The van der Waals surface area contributed by atoms with Gasteiger partial charge in [0.2, 0.25) is 0 Å². The molecule has 0 aliphatic rings. The molecule has 0 radical (unpaired) electrons. The first kappa shape index (κ1) is 21.7. The van der Waals surface area contributed by atoms with E-state index >= 15 is 0 Å². The molecule has 0 atom stereocenters. The normalized spacial score (nSPS) is 9.78. The van der Waals surface area contributed by atoms with E-state index in [9.17, 15) is 10.4 Å². The van der Waals surface area contributed by atoms with Crippen molar-refractivity contribution in [3.05, 3.63) is 89.7 Å². The summed E-state index contributed by atoms with van der Waals surface area (Å²) >= 11 is 12.3. The number of hydrogen-bond donors (Lipinski definition) is 0. The first-order chi connectivity index (χ1) is 12.6. The molecule has 27 heavy (non-hydrogen) atoms. The van der Waals surface area contributed by atoms with Crippen molar-refractivity contribution in [3.63, 3.8) is 0 Å². The monoisotopic (exact) mass is 480 g/mol. The van der Waals surface area contributed by atoms with Gasteiger partial charge in [0.05, 0.1) is 11.4 Å². The summed E-state index contributed by atoms with van der Waals surface area (Å²) in [4.78, 5) is 0. The van der Waals surface area contributed by atoms with Gasteiger partial charge in [0.1, 0.15) is 0 Å². The molecule has 2 aromatic heterocycles. The summed E-state index contributed by atoms with van der Waals surface area (Å²) in [5, 5.41) is 26.3. The van der Waals surface area contributed by atoms with Gasteiger partial charge in [0, 0.05) is 10.8 Å². The van der Waals surface area contributed by atoms with Crippen LogP contribution in [0.5, 0.6) is 0 Å². The van der Waals surface area contributed by atoms with Gasteiger partial charge in [-0.3, -0.25) is 0 Å². The minimum Gasteiger partial charge on any atom is -0.804 e. The first-order valence-corrected chi connectivity index (χ1v) is 10.0. The fourth-order valence-corrected chi connectivity index (χ4v) is 3.95. The molecule has 2 aromatic carbocycles. The smallest absolute Gasteiger partial charge is 0.804 e. The molecule has 4 rings (SSSR count). The van der Waals surface area contributed by atoms with Gasteiger partial charge in [-0.2, -0.15) is 0 Å². The van der Waals surface area contributed by atoms with Gasteiger partial charge >= 0.3 is 19.5 Å². The second-order valence-corrected chi connectivity index (χ2v) is 8.10. The number of hydrogen-bond acceptors (Lipinski definition) is 6. The van der Waals surface area contributed by atoms with Gasteiger partial charge < -0.3 is 19.9 Å². The van der Waals surface area contributed by atoms with Gasteiger partial charge in [-0.05, 0) is 35.6 Å². The predicted molar refractivity (Wildman–Crippen MR) is 115 cm³/mol. The molecule has 4 aromatic rings. The Balaban J connectivity index is 0.000000187. The van der Waals surface area contributed by atoms with E-state index in [-0.39, 0.29) is 19.5 Å². The second kappa shape index (κ2) is 10.1. The predicted octanol–water partition coefficient (Wildman–Crippen LogP) is 6.58. The molecule has 132 valence electrons. The van der Waals surface area contributed by atoms with E-state index in [1.165, 1.54) is 22.7 Å². The van der Waals surface area contributed by atoms with Crippen LogP contribution in [0.25, 0.3) is 22.5 Å². The van der Waals surface area contributed by atoms with Crippen LogP contribution in [0.3, 0.4) is 0 Å². The Morgan fingerprint density at radius 1 is 0.630 bits per heavy atom. The number of rotatable bonds is 2. The molecule has 2 heterocycles. The molecular weight excluding hydrogens is 470 g/mol. The van der Waals surface area contributed by atoms with Crippen molar-refractivity contribution < 1.29 is 19.5 Å². The molecule has 0 saturated heterocycles. The van der Waals surface area contributed by atoms with Crippen LogP contribution < -0.4 is 0 Å². The third-order valence-electron chi connectivity index (χ3n) is 3.45. The Hall–Kier alpha value is -1.64. The zero-order valence-corrected chi connectivity index (χ0v) is 20.2. The number of aromatic nitrogens is 2. The van der Waals surface area contributed by atoms with Crippen LogP contribution in [-0.4, -0.2) is 9.46 Å². The molecule has 4 nitrogen and oxygen atoms in total. The van der Waals surface area contributed by atoms with Crippen molar-refractivity contribution in [2.75, 3.05) is 0 Å². The van der Waals surface area contributed by atoms with E-state index in [0.717, 1.165) is 20.6 Å². The summed E-state index contributed by atoms with van der Waals surface area (Å²) in [6.45, 7) is 0. The third kappa shape index (κ3) is 5.21. The van der Waals surface area contributed by atoms with Crippen molar-refractivity contribution in [2.24, 2.45) is 0 Å². The van der Waals surface area contributed by atoms with E-state index in [1.807, 2.05) is 60.7 Å². The summed E-state index contributed by atoms with van der Waals surface area (Å²) in [6, 6.07) is 19.0. The average Bonchev–Trinajstić information content (AvgIpc) is 3.19. The number of nitrogens with zero attached hydrogens (tertiary/aromatic N) is 2. The Morgan fingerprint density at radius 3 is 1.22 bits per heavy atom. The second-order valence-electron chi connectivity index (χ2n) is 5.09. The largest absolute Gasteiger partial charge is 2.00 e. The van der Waals surface area contributed by atoms with Gasteiger partial charge in [-0.1, -0.05) is 60.7 Å². The SMILES string of the molecule is [O-]n1c(-c2ccccc2)csc1=S.[O-]n1c(-c2ccccc2)csc1=S.[Zn+2]. The molecule has 0 N–H and O–H groups in total. The molecular formula is C18H12N2O2S4Zn. The molecule has 0 unspecified atom stereocenters. The van der Waals surface area contributed by atoms with Crippen LogP contribution >= 0.6 is 47.1 Å². The molecule has 0 saturated carbocycles. The number of benzene rings is 2. The summed E-state index contributed by atoms with van der Waals surface area (Å²) in [5.74, 6) is 0. The Morgan fingerprint density at radius 2 is 0.963 bits per heavy atom. The molecule has 0 aliphatic heterocycles. The quantitative estimate of drug-likeness (QED) is 0.239. The topological polar surface area (TPSA) is 56.0 Å². The van der Waals surface area contributed by atoms with Crippen molar-refractivity contribution >= 4 is 47.1 Å². The van der Waals surface area contributed by atoms with E-state index in [1.54, 1.807) is 10.8 Å². The van der Waals surface area contributed by atoms with Crippen molar-refractivity contribution in [3.8, 4) is 22.5 Å². The van der Waals surface area contributed by atoms with Gasteiger partial charge in [-0.15, -0.1) is 22.7 Å². The van der Waals surface area contributed by atoms with Crippen molar-refractivity contribution in [1.82, 2.24) is 9.46 Å². The van der Waals surface area contributed by atoms with E-state index in [0.29, 0.717) is 19.3 Å². The van der Waals surface area contributed by atoms with Gasteiger partial charge in [-0.25, -0.2) is 0 Å². The fourth-order valence-electron chi connectivity index (χ4n) is 2.19. The summed E-state index contributed by atoms with van der Waals surface area (Å²) in [5.41, 5.74) is 3.08. The van der Waals surface area contributed by atoms with Gasteiger partial charge in [0.15, 0.2) is 7.91 Å². The minimum absolute atomic E-state index is 0. The summed E-state index contributed by atoms with van der Waals surface area (Å²) < 4.78 is 2.29. The summed E-state index contributed by atoms with van der Waals surface area (Å²) in [6.07, 6.45) is 0. The molecule has 0 spiro atoms. The maximum atomic E-state index is 11.4. The van der Waals surface area contributed by atoms with Crippen LogP contribution in [0.4, 0.5) is 0 Å². The van der Waals surface area contributed by atoms with E-state index in [4.69, 9.17) is 24.4 Å². The van der Waals surface area contributed by atoms with Crippen LogP contribution in [-0.2, 0) is 19.5 Å². The van der Waals surface area contributed by atoms with E-state index in [2.05, 4.69) is 0 Å². The molecule has 0 bridgehead atoms. The zero-order chi connectivity index (χ0) is 18.5. The molecule has 9 heteroatoms. The Bertz CT molecular complexity index is 1010.